The van der Waals surface area contributed by atoms with Gasteiger partial charge in [0.1, 0.15) is 5.15 Å². The van der Waals surface area contributed by atoms with Gasteiger partial charge in [0.15, 0.2) is 5.82 Å². The van der Waals surface area contributed by atoms with E-state index < -0.39 is 0 Å². The lowest BCUT2D eigenvalue weighted by atomic mass is 10.1. The Bertz CT molecular complexity index is 809. The molecule has 3 rings (SSSR count). The summed E-state index contributed by atoms with van der Waals surface area (Å²) in [6.07, 6.45) is 0. The Morgan fingerprint density at radius 3 is 1.95 bits per heavy atom. The summed E-state index contributed by atoms with van der Waals surface area (Å²) in [6, 6.07) is 19.1. The van der Waals surface area contributed by atoms with Crippen LogP contribution in [0, 0.1) is 6.57 Å². The van der Waals surface area contributed by atoms with E-state index in [-0.39, 0.29) is 10.8 Å². The Morgan fingerprint density at radius 1 is 0.810 bits per heavy atom. The van der Waals surface area contributed by atoms with E-state index in [4.69, 9.17) is 18.2 Å². The van der Waals surface area contributed by atoms with Crippen LogP contribution in [0.3, 0.4) is 0 Å². The molecule has 0 bridgehead atoms. The van der Waals surface area contributed by atoms with Crippen LogP contribution in [0.4, 0.5) is 5.69 Å². The van der Waals surface area contributed by atoms with E-state index in [0.29, 0.717) is 11.5 Å². The standard InChI is InChI=1S/C17H10ClN3/c1-19-15-14(12-8-4-2-5-9-12)20-17(21-16(15)18)13-10-6-3-7-11-13/h2-11H. The van der Waals surface area contributed by atoms with Gasteiger partial charge in [-0.3, -0.25) is 0 Å². The van der Waals surface area contributed by atoms with Gasteiger partial charge in [0.25, 0.3) is 0 Å². The number of halogens is 1. The number of benzene rings is 2. The van der Waals surface area contributed by atoms with Crippen molar-refractivity contribution in [2.24, 2.45) is 0 Å². The first-order chi connectivity index (χ1) is 10.3. The molecule has 4 heteroatoms. The predicted molar refractivity (Wildman–Crippen MR) is 84.2 cm³/mol. The zero-order chi connectivity index (χ0) is 14.7. The second-order valence-electron chi connectivity index (χ2n) is 4.38. The van der Waals surface area contributed by atoms with Crippen molar-refractivity contribution in [3.63, 3.8) is 0 Å². The van der Waals surface area contributed by atoms with Crippen molar-refractivity contribution >= 4 is 17.3 Å². The molecule has 2 aromatic carbocycles. The second kappa shape index (κ2) is 5.74. The maximum absolute atomic E-state index is 7.31. The highest BCUT2D eigenvalue weighted by molar-refractivity contribution is 6.32. The third-order valence-electron chi connectivity index (χ3n) is 3.03. The molecular formula is C17H10ClN3. The van der Waals surface area contributed by atoms with Crippen LogP contribution in [0.25, 0.3) is 27.5 Å². The van der Waals surface area contributed by atoms with Gasteiger partial charge in [0.05, 0.1) is 12.3 Å². The van der Waals surface area contributed by atoms with Crippen LogP contribution in [0.2, 0.25) is 5.15 Å². The van der Waals surface area contributed by atoms with Crippen molar-refractivity contribution in [1.82, 2.24) is 9.97 Å². The third kappa shape index (κ3) is 2.62. The Kier molecular flexibility index (Phi) is 3.63. The average Bonchev–Trinajstić information content (AvgIpc) is 2.55. The Morgan fingerprint density at radius 2 is 1.38 bits per heavy atom. The molecule has 0 unspecified atom stereocenters. The fraction of sp³-hybridized carbons (Fsp3) is 0. The topological polar surface area (TPSA) is 30.1 Å². The summed E-state index contributed by atoms with van der Waals surface area (Å²) in [5, 5.41) is 0.178. The van der Waals surface area contributed by atoms with E-state index in [1.807, 2.05) is 60.7 Å². The lowest BCUT2D eigenvalue weighted by Crippen LogP contribution is -1.94. The van der Waals surface area contributed by atoms with Crippen LogP contribution in [-0.2, 0) is 0 Å². The van der Waals surface area contributed by atoms with Crippen LogP contribution >= 0.6 is 11.6 Å². The molecule has 0 aliphatic carbocycles. The van der Waals surface area contributed by atoms with Gasteiger partial charge < -0.3 is 0 Å². The van der Waals surface area contributed by atoms with Crippen molar-refractivity contribution in [3.8, 4) is 22.6 Å². The maximum atomic E-state index is 7.31. The Labute approximate surface area is 127 Å². The summed E-state index contributed by atoms with van der Waals surface area (Å²) in [4.78, 5) is 12.3. The molecule has 1 aromatic heterocycles. The molecule has 0 atom stereocenters. The molecule has 0 N–H and O–H groups in total. The second-order valence-corrected chi connectivity index (χ2v) is 4.74. The summed E-state index contributed by atoms with van der Waals surface area (Å²) in [6.45, 7) is 7.31. The molecule has 3 aromatic rings. The Hall–Kier alpha value is -2.70. The first kappa shape index (κ1) is 13.3. The summed E-state index contributed by atoms with van der Waals surface area (Å²) in [7, 11) is 0. The lowest BCUT2D eigenvalue weighted by Gasteiger charge is -2.08. The summed E-state index contributed by atoms with van der Waals surface area (Å²) in [5.74, 6) is 0.520. The number of hydrogen-bond donors (Lipinski definition) is 0. The molecule has 0 fully saturated rings. The quantitative estimate of drug-likeness (QED) is 0.490. The minimum Gasteiger partial charge on any atom is -0.240 e. The zero-order valence-electron chi connectivity index (χ0n) is 11.0. The zero-order valence-corrected chi connectivity index (χ0v) is 11.7. The maximum Gasteiger partial charge on any atom is 0.249 e. The SMILES string of the molecule is [C-]#[N+]c1c(Cl)nc(-c2ccccc2)nc1-c1ccccc1. The summed E-state index contributed by atoms with van der Waals surface area (Å²) in [5.41, 5.74) is 2.56. The van der Waals surface area contributed by atoms with E-state index >= 15 is 0 Å². The molecule has 0 radical (unpaired) electrons. The number of aromatic nitrogens is 2. The largest absolute Gasteiger partial charge is 0.249 e. The van der Waals surface area contributed by atoms with Gasteiger partial charge in [0.2, 0.25) is 5.69 Å². The molecule has 0 saturated heterocycles. The van der Waals surface area contributed by atoms with Gasteiger partial charge in [-0.2, -0.15) is 0 Å². The van der Waals surface area contributed by atoms with Crippen molar-refractivity contribution < 1.29 is 0 Å². The van der Waals surface area contributed by atoms with E-state index in [9.17, 15) is 0 Å². The minimum absolute atomic E-state index is 0.178. The van der Waals surface area contributed by atoms with E-state index in [0.717, 1.165) is 11.1 Å². The van der Waals surface area contributed by atoms with E-state index in [1.165, 1.54) is 0 Å². The lowest BCUT2D eigenvalue weighted by molar-refractivity contribution is 1.19. The molecule has 0 spiro atoms. The molecule has 0 amide bonds. The van der Waals surface area contributed by atoms with Gasteiger partial charge in [-0.1, -0.05) is 72.3 Å². The van der Waals surface area contributed by atoms with E-state index in [1.54, 1.807) is 0 Å². The molecule has 21 heavy (non-hydrogen) atoms. The average molecular weight is 292 g/mol. The highest BCUT2D eigenvalue weighted by Gasteiger charge is 2.15. The van der Waals surface area contributed by atoms with Crippen molar-refractivity contribution in [3.05, 3.63) is 77.2 Å². The van der Waals surface area contributed by atoms with Crippen LogP contribution in [0.1, 0.15) is 0 Å². The monoisotopic (exact) mass is 291 g/mol. The molecule has 0 aliphatic rings. The summed E-state index contributed by atoms with van der Waals surface area (Å²) < 4.78 is 0. The van der Waals surface area contributed by atoms with Gasteiger partial charge in [0, 0.05) is 5.56 Å². The first-order valence-electron chi connectivity index (χ1n) is 6.35. The van der Waals surface area contributed by atoms with Crippen LogP contribution in [0.5, 0.6) is 0 Å². The fourth-order valence-electron chi connectivity index (χ4n) is 2.04. The molecule has 100 valence electrons. The number of nitrogens with zero attached hydrogens (tertiary/aromatic N) is 3. The Balaban J connectivity index is 2.24. The fourth-order valence-corrected chi connectivity index (χ4v) is 2.25. The van der Waals surface area contributed by atoms with Crippen molar-refractivity contribution in [1.29, 1.82) is 0 Å². The van der Waals surface area contributed by atoms with Crippen molar-refractivity contribution in [2.45, 2.75) is 0 Å². The minimum atomic E-state index is 0.178. The van der Waals surface area contributed by atoms with Gasteiger partial charge >= 0.3 is 0 Å². The third-order valence-corrected chi connectivity index (χ3v) is 3.30. The van der Waals surface area contributed by atoms with Crippen LogP contribution < -0.4 is 0 Å². The van der Waals surface area contributed by atoms with Crippen LogP contribution in [-0.4, -0.2) is 9.97 Å². The molecule has 0 aliphatic heterocycles. The van der Waals surface area contributed by atoms with Crippen molar-refractivity contribution in [2.75, 3.05) is 0 Å². The molecule has 0 saturated carbocycles. The molecule has 3 nitrogen and oxygen atoms in total. The molecule has 1 heterocycles. The van der Waals surface area contributed by atoms with Gasteiger partial charge in [-0.05, 0) is 5.56 Å². The normalized spacial score (nSPS) is 10.1. The smallest absolute Gasteiger partial charge is 0.240 e. The number of hydrogen-bond acceptors (Lipinski definition) is 2. The highest BCUT2D eigenvalue weighted by Crippen LogP contribution is 2.35. The van der Waals surface area contributed by atoms with E-state index in [2.05, 4.69) is 14.8 Å². The predicted octanol–water partition coefficient (Wildman–Crippen LogP) is 5.01. The highest BCUT2D eigenvalue weighted by atomic mass is 35.5. The van der Waals surface area contributed by atoms with Gasteiger partial charge in [-0.25, -0.2) is 14.8 Å². The summed E-state index contributed by atoms with van der Waals surface area (Å²) >= 11 is 6.17. The molecular weight excluding hydrogens is 282 g/mol. The number of rotatable bonds is 2. The van der Waals surface area contributed by atoms with Crippen LogP contribution in [0.15, 0.2) is 60.7 Å². The first-order valence-corrected chi connectivity index (χ1v) is 6.73. The van der Waals surface area contributed by atoms with Gasteiger partial charge in [-0.15, -0.1) is 0 Å².